The minimum Gasteiger partial charge on any atom is -0.360 e. The van der Waals surface area contributed by atoms with Gasteiger partial charge in [0.05, 0.1) is 10.6 Å². The van der Waals surface area contributed by atoms with Crippen molar-refractivity contribution in [2.75, 3.05) is 6.54 Å². The van der Waals surface area contributed by atoms with Gasteiger partial charge in [0.2, 0.25) is 0 Å². The van der Waals surface area contributed by atoms with Gasteiger partial charge in [0.15, 0.2) is 0 Å². The number of nitrogens with zero attached hydrogens (tertiary/aromatic N) is 1. The smallest absolute Gasteiger partial charge is 0.257 e. The zero-order chi connectivity index (χ0) is 15.6. The molecule has 0 saturated heterocycles. The summed E-state index contributed by atoms with van der Waals surface area (Å²) >= 11 is 6.01. The van der Waals surface area contributed by atoms with Crippen molar-refractivity contribution in [1.29, 1.82) is 0 Å². The number of aryl methyl sites for hydroxylation is 1. The lowest BCUT2D eigenvalue weighted by Gasteiger charge is -2.11. The molecule has 1 amide bonds. The number of benzene rings is 1. The number of nitrogens with two attached hydrogens (primary N) is 1. The van der Waals surface area contributed by atoms with Gasteiger partial charge in [-0.3, -0.25) is 4.79 Å². The van der Waals surface area contributed by atoms with Crippen LogP contribution in [-0.2, 0) is 0 Å². The summed E-state index contributed by atoms with van der Waals surface area (Å²) in [7, 11) is 0. The quantitative estimate of drug-likeness (QED) is 0.890. The third kappa shape index (κ3) is 3.58. The molecule has 120 valence electrons. The second-order valence-electron chi connectivity index (χ2n) is 4.67. The lowest BCUT2D eigenvalue weighted by Crippen LogP contribution is -2.38. The van der Waals surface area contributed by atoms with Gasteiger partial charge >= 0.3 is 0 Å². The highest BCUT2D eigenvalue weighted by molar-refractivity contribution is 6.33. The van der Waals surface area contributed by atoms with Crippen LogP contribution < -0.4 is 11.1 Å². The minimum atomic E-state index is -0.572. The predicted molar refractivity (Wildman–Crippen MR) is 84.9 cm³/mol. The molecule has 1 atom stereocenters. The lowest BCUT2D eigenvalue weighted by atomic mass is 10.0. The van der Waals surface area contributed by atoms with E-state index in [2.05, 4.69) is 10.5 Å². The first kappa shape index (κ1) is 18.4. The predicted octanol–water partition coefficient (Wildman–Crippen LogP) is 2.94. The molecule has 2 aromatic rings. The third-order valence-corrected chi connectivity index (χ3v) is 3.34. The first-order valence-corrected chi connectivity index (χ1v) is 6.75. The van der Waals surface area contributed by atoms with Crippen LogP contribution in [0.25, 0.3) is 11.3 Å². The van der Waals surface area contributed by atoms with Crippen molar-refractivity contribution in [3.05, 3.63) is 40.4 Å². The molecule has 1 aromatic carbocycles. The van der Waals surface area contributed by atoms with Crippen LogP contribution in [0.2, 0.25) is 5.02 Å². The zero-order valence-electron chi connectivity index (χ0n) is 12.0. The van der Waals surface area contributed by atoms with Gasteiger partial charge in [-0.2, -0.15) is 0 Å². The van der Waals surface area contributed by atoms with Gasteiger partial charge in [-0.25, -0.2) is 4.39 Å². The molecule has 0 unspecified atom stereocenters. The minimum absolute atomic E-state index is 0. The van der Waals surface area contributed by atoms with Gasteiger partial charge in [0, 0.05) is 12.6 Å². The summed E-state index contributed by atoms with van der Waals surface area (Å²) < 4.78 is 19.0. The molecule has 0 aliphatic rings. The fourth-order valence-electron chi connectivity index (χ4n) is 1.89. The van der Waals surface area contributed by atoms with Gasteiger partial charge in [0.25, 0.3) is 5.91 Å². The van der Waals surface area contributed by atoms with Crippen LogP contribution in [0.5, 0.6) is 0 Å². The number of aromatic nitrogens is 1. The molecule has 0 fully saturated rings. The van der Waals surface area contributed by atoms with Crippen molar-refractivity contribution in [3.63, 3.8) is 0 Å². The molecule has 0 bridgehead atoms. The Bertz CT molecular complexity index is 656. The van der Waals surface area contributed by atoms with Crippen molar-refractivity contribution >= 4 is 29.9 Å². The topological polar surface area (TPSA) is 81.2 Å². The van der Waals surface area contributed by atoms with Crippen molar-refractivity contribution in [1.82, 2.24) is 10.5 Å². The van der Waals surface area contributed by atoms with E-state index < -0.39 is 11.7 Å². The Kier molecular flexibility index (Phi) is 6.34. The van der Waals surface area contributed by atoms with E-state index in [1.165, 1.54) is 18.2 Å². The highest BCUT2D eigenvalue weighted by Gasteiger charge is 2.25. The normalized spacial score (nSPS) is 11.7. The van der Waals surface area contributed by atoms with E-state index in [0.717, 1.165) is 0 Å². The maximum absolute atomic E-state index is 14.0. The van der Waals surface area contributed by atoms with Gasteiger partial charge in [0.1, 0.15) is 22.8 Å². The molecule has 22 heavy (non-hydrogen) atoms. The summed E-state index contributed by atoms with van der Waals surface area (Å²) in [5, 5.41) is 6.62. The summed E-state index contributed by atoms with van der Waals surface area (Å²) in [6.07, 6.45) is 0. The summed E-state index contributed by atoms with van der Waals surface area (Å²) in [5.74, 6) is -0.719. The van der Waals surface area contributed by atoms with Crippen molar-refractivity contribution < 1.29 is 13.7 Å². The molecule has 2 rings (SSSR count). The van der Waals surface area contributed by atoms with Crippen LogP contribution in [0.15, 0.2) is 22.7 Å². The Hall–Kier alpha value is -1.63. The molecule has 1 aromatic heterocycles. The van der Waals surface area contributed by atoms with Gasteiger partial charge < -0.3 is 15.6 Å². The monoisotopic (exact) mass is 347 g/mol. The van der Waals surface area contributed by atoms with Crippen LogP contribution in [0.3, 0.4) is 0 Å². The molecule has 0 spiro atoms. The summed E-state index contributed by atoms with van der Waals surface area (Å²) in [4.78, 5) is 12.3. The molecule has 0 aliphatic carbocycles. The largest absolute Gasteiger partial charge is 0.360 e. The van der Waals surface area contributed by atoms with E-state index in [4.69, 9.17) is 21.9 Å². The summed E-state index contributed by atoms with van der Waals surface area (Å²) in [6, 6.07) is 4.02. The summed E-state index contributed by atoms with van der Waals surface area (Å²) in [5.41, 5.74) is 5.75. The Labute approximate surface area is 138 Å². The molecular weight excluding hydrogens is 332 g/mol. The van der Waals surface area contributed by atoms with E-state index in [9.17, 15) is 9.18 Å². The molecule has 1 heterocycles. The maximum Gasteiger partial charge on any atom is 0.257 e. The van der Waals surface area contributed by atoms with E-state index in [0.29, 0.717) is 0 Å². The molecule has 0 saturated carbocycles. The van der Waals surface area contributed by atoms with Gasteiger partial charge in [-0.05, 0) is 26.0 Å². The maximum atomic E-state index is 14.0. The Balaban J connectivity index is 0.00000242. The number of carbonyl (C=O) groups is 1. The molecule has 5 nitrogen and oxygen atoms in total. The fourth-order valence-corrected chi connectivity index (χ4v) is 2.14. The van der Waals surface area contributed by atoms with Gasteiger partial charge in [-0.1, -0.05) is 22.8 Å². The second kappa shape index (κ2) is 7.58. The van der Waals surface area contributed by atoms with Crippen molar-refractivity contribution in [2.45, 2.75) is 19.9 Å². The molecule has 0 aliphatic heterocycles. The molecule has 0 radical (unpaired) electrons. The average Bonchev–Trinajstić information content (AvgIpc) is 2.80. The van der Waals surface area contributed by atoms with E-state index in [1.54, 1.807) is 13.8 Å². The third-order valence-electron chi connectivity index (χ3n) is 3.02. The molecular formula is C14H16Cl2FN3O2. The van der Waals surface area contributed by atoms with Crippen LogP contribution in [-0.4, -0.2) is 23.7 Å². The van der Waals surface area contributed by atoms with E-state index in [-0.39, 0.29) is 52.6 Å². The first-order valence-electron chi connectivity index (χ1n) is 6.37. The highest BCUT2D eigenvalue weighted by Crippen LogP contribution is 2.33. The number of hydrogen-bond donors (Lipinski definition) is 2. The number of nitrogens with one attached hydrogen (secondary N) is 1. The lowest BCUT2D eigenvalue weighted by molar-refractivity contribution is 0.0940. The van der Waals surface area contributed by atoms with Gasteiger partial charge in [-0.15, -0.1) is 12.4 Å². The number of amides is 1. The number of rotatable bonds is 4. The summed E-state index contributed by atoms with van der Waals surface area (Å²) in [6.45, 7) is 3.62. The number of halogens is 3. The SMILES string of the molecule is Cc1onc(-c2c(F)cccc2Cl)c1C(=O)N[C@@H](C)CN.Cl. The fraction of sp³-hybridized carbons (Fsp3) is 0.286. The Morgan fingerprint density at radius 1 is 1.55 bits per heavy atom. The van der Waals surface area contributed by atoms with Crippen LogP contribution >= 0.6 is 24.0 Å². The van der Waals surface area contributed by atoms with Crippen LogP contribution in [0.4, 0.5) is 4.39 Å². The van der Waals surface area contributed by atoms with Crippen molar-refractivity contribution in [2.24, 2.45) is 5.73 Å². The van der Waals surface area contributed by atoms with E-state index in [1.807, 2.05) is 0 Å². The Morgan fingerprint density at radius 3 is 2.82 bits per heavy atom. The van der Waals surface area contributed by atoms with Crippen LogP contribution in [0.1, 0.15) is 23.0 Å². The molecule has 3 N–H and O–H groups in total. The Morgan fingerprint density at radius 2 is 2.23 bits per heavy atom. The first-order chi connectivity index (χ1) is 9.95. The standard InChI is InChI=1S/C14H15ClFN3O2.ClH/c1-7(6-17)18-14(20)11-8(2)21-19-13(11)12-9(15)4-3-5-10(12)16;/h3-5,7H,6,17H2,1-2H3,(H,18,20);1H/t7-;/m0./s1. The van der Waals surface area contributed by atoms with Crippen LogP contribution in [0, 0.1) is 12.7 Å². The number of carbonyl (C=O) groups excluding carboxylic acids is 1. The molecule has 8 heteroatoms. The zero-order valence-corrected chi connectivity index (χ0v) is 13.6. The average molecular weight is 348 g/mol. The number of hydrogen-bond acceptors (Lipinski definition) is 4. The van der Waals surface area contributed by atoms with E-state index >= 15 is 0 Å². The van der Waals surface area contributed by atoms with Crippen molar-refractivity contribution in [3.8, 4) is 11.3 Å². The highest BCUT2D eigenvalue weighted by atomic mass is 35.5. The second-order valence-corrected chi connectivity index (χ2v) is 5.08.